The molecule has 0 spiro atoms. The van der Waals surface area contributed by atoms with Gasteiger partial charge < -0.3 is 4.57 Å². The van der Waals surface area contributed by atoms with Crippen LogP contribution in [-0.2, 0) is 7.05 Å². The lowest BCUT2D eigenvalue weighted by Gasteiger charge is -2.02. The summed E-state index contributed by atoms with van der Waals surface area (Å²) in [6.45, 7) is 4.12. The van der Waals surface area contributed by atoms with E-state index in [1.54, 1.807) is 0 Å². The Bertz CT molecular complexity index is 708. The number of hydrogen-bond acceptors (Lipinski definition) is 2. The maximum absolute atomic E-state index is 4.37. The Morgan fingerprint density at radius 3 is 2.50 bits per heavy atom. The lowest BCUT2D eigenvalue weighted by Crippen LogP contribution is -1.89. The number of hydrogen-bond donors (Lipinski definition) is 0. The number of fused-ring (bicyclic) bond motifs is 1. The first kappa shape index (κ1) is 11.0. The van der Waals surface area contributed by atoms with E-state index in [0.717, 1.165) is 17.0 Å². The highest BCUT2D eigenvalue weighted by Gasteiger charge is 2.06. The molecule has 0 radical (unpaired) electrons. The lowest BCUT2D eigenvalue weighted by molar-refractivity contribution is 0.964. The van der Waals surface area contributed by atoms with Crippen LogP contribution in [-0.4, -0.2) is 14.5 Å². The molecule has 0 saturated heterocycles. The van der Waals surface area contributed by atoms with Gasteiger partial charge in [-0.25, -0.2) is 9.97 Å². The third kappa shape index (κ3) is 1.68. The predicted molar refractivity (Wildman–Crippen MR) is 73.4 cm³/mol. The van der Waals surface area contributed by atoms with Crippen molar-refractivity contribution in [2.24, 2.45) is 7.05 Å². The highest BCUT2D eigenvalue weighted by Crippen LogP contribution is 2.25. The molecule has 0 N–H and O–H groups in total. The Labute approximate surface area is 106 Å². The van der Waals surface area contributed by atoms with E-state index < -0.39 is 0 Å². The second-order valence-corrected chi connectivity index (χ2v) is 4.74. The summed E-state index contributed by atoms with van der Waals surface area (Å²) in [7, 11) is 2.07. The minimum absolute atomic E-state index is 0.783. The molecule has 3 aromatic rings. The van der Waals surface area contributed by atoms with E-state index in [2.05, 4.69) is 52.9 Å². The van der Waals surface area contributed by atoms with Gasteiger partial charge in [-0.3, -0.25) is 0 Å². The number of benzene rings is 1. The topological polar surface area (TPSA) is 30.7 Å². The Morgan fingerprint density at radius 2 is 1.78 bits per heavy atom. The van der Waals surface area contributed by atoms with E-state index in [9.17, 15) is 0 Å². The van der Waals surface area contributed by atoms with Gasteiger partial charge in [0, 0.05) is 42.1 Å². The summed E-state index contributed by atoms with van der Waals surface area (Å²) >= 11 is 0. The normalized spacial score (nSPS) is 11.1. The average molecular weight is 237 g/mol. The largest absolute Gasteiger partial charge is 0.350 e. The fourth-order valence-electron chi connectivity index (χ4n) is 2.27. The van der Waals surface area contributed by atoms with Crippen molar-refractivity contribution >= 4 is 10.9 Å². The van der Waals surface area contributed by atoms with Crippen molar-refractivity contribution in [2.75, 3.05) is 0 Å². The van der Waals surface area contributed by atoms with E-state index in [0.29, 0.717) is 0 Å². The third-order valence-electron chi connectivity index (χ3n) is 3.23. The first-order chi connectivity index (χ1) is 8.65. The molecule has 90 valence electrons. The molecule has 0 unspecified atom stereocenters. The second kappa shape index (κ2) is 3.95. The molecule has 18 heavy (non-hydrogen) atoms. The van der Waals surface area contributed by atoms with Crippen molar-refractivity contribution in [3.8, 4) is 11.4 Å². The summed E-state index contributed by atoms with van der Waals surface area (Å²) in [6, 6.07) is 6.36. The van der Waals surface area contributed by atoms with Crippen LogP contribution in [0.3, 0.4) is 0 Å². The highest BCUT2D eigenvalue weighted by atomic mass is 14.9. The molecule has 0 atom stereocenters. The predicted octanol–water partition coefficient (Wildman–Crippen LogP) is 3.25. The Balaban J connectivity index is 2.18. The Kier molecular flexibility index (Phi) is 2.40. The van der Waals surface area contributed by atoms with Crippen molar-refractivity contribution in [3.05, 3.63) is 47.9 Å². The molecule has 3 heteroatoms. The van der Waals surface area contributed by atoms with E-state index in [1.165, 1.54) is 16.5 Å². The minimum Gasteiger partial charge on any atom is -0.350 e. The quantitative estimate of drug-likeness (QED) is 0.650. The molecule has 0 fully saturated rings. The van der Waals surface area contributed by atoms with Gasteiger partial charge in [-0.05, 0) is 43.2 Å². The molecule has 2 aromatic heterocycles. The first-order valence-electron chi connectivity index (χ1n) is 6.00. The van der Waals surface area contributed by atoms with E-state index in [4.69, 9.17) is 0 Å². The summed E-state index contributed by atoms with van der Waals surface area (Å²) in [4.78, 5) is 8.75. The van der Waals surface area contributed by atoms with Gasteiger partial charge in [-0.2, -0.15) is 0 Å². The Morgan fingerprint density at radius 1 is 1.06 bits per heavy atom. The summed E-state index contributed by atoms with van der Waals surface area (Å²) in [5.41, 5.74) is 4.66. The maximum Gasteiger partial charge on any atom is 0.159 e. The molecule has 0 amide bonds. The molecule has 0 saturated carbocycles. The van der Waals surface area contributed by atoms with Crippen molar-refractivity contribution in [2.45, 2.75) is 13.8 Å². The maximum atomic E-state index is 4.37. The van der Waals surface area contributed by atoms with Gasteiger partial charge in [0.05, 0.1) is 0 Å². The van der Waals surface area contributed by atoms with Crippen LogP contribution in [0.5, 0.6) is 0 Å². The monoisotopic (exact) mass is 237 g/mol. The SMILES string of the molecule is Cc1cnc(-c2ccc3c(c2)c(C)cn3C)nc1. The van der Waals surface area contributed by atoms with Crippen molar-refractivity contribution in [1.29, 1.82) is 0 Å². The zero-order valence-corrected chi connectivity index (χ0v) is 10.8. The first-order valence-corrected chi connectivity index (χ1v) is 6.00. The molecule has 3 rings (SSSR count). The highest BCUT2D eigenvalue weighted by molar-refractivity contribution is 5.87. The van der Waals surface area contributed by atoms with Crippen LogP contribution in [0.25, 0.3) is 22.3 Å². The van der Waals surface area contributed by atoms with Gasteiger partial charge in [-0.1, -0.05) is 0 Å². The van der Waals surface area contributed by atoms with Gasteiger partial charge in [0.2, 0.25) is 0 Å². The van der Waals surface area contributed by atoms with Crippen LogP contribution in [0.1, 0.15) is 11.1 Å². The van der Waals surface area contributed by atoms with Crippen LogP contribution < -0.4 is 0 Å². The van der Waals surface area contributed by atoms with Crippen molar-refractivity contribution in [3.63, 3.8) is 0 Å². The van der Waals surface area contributed by atoms with Crippen LogP contribution in [0, 0.1) is 13.8 Å². The van der Waals surface area contributed by atoms with Gasteiger partial charge in [0.25, 0.3) is 0 Å². The van der Waals surface area contributed by atoms with E-state index >= 15 is 0 Å². The van der Waals surface area contributed by atoms with E-state index in [1.807, 2.05) is 19.3 Å². The summed E-state index contributed by atoms with van der Waals surface area (Å²) in [5, 5.41) is 1.26. The smallest absolute Gasteiger partial charge is 0.159 e. The molecular weight excluding hydrogens is 222 g/mol. The number of rotatable bonds is 1. The fraction of sp³-hybridized carbons (Fsp3) is 0.200. The lowest BCUT2D eigenvalue weighted by atomic mass is 10.1. The van der Waals surface area contributed by atoms with Gasteiger partial charge in [0.15, 0.2) is 5.82 Å². The summed E-state index contributed by atoms with van der Waals surface area (Å²) < 4.78 is 2.14. The van der Waals surface area contributed by atoms with E-state index in [-0.39, 0.29) is 0 Å². The van der Waals surface area contributed by atoms with Crippen molar-refractivity contribution in [1.82, 2.24) is 14.5 Å². The molecular formula is C15H15N3. The van der Waals surface area contributed by atoms with Crippen LogP contribution in [0.2, 0.25) is 0 Å². The Hall–Kier alpha value is -2.16. The molecule has 0 bridgehead atoms. The second-order valence-electron chi connectivity index (χ2n) is 4.74. The average Bonchev–Trinajstić information content (AvgIpc) is 2.66. The van der Waals surface area contributed by atoms with Crippen molar-refractivity contribution < 1.29 is 0 Å². The summed E-state index contributed by atoms with van der Waals surface area (Å²) in [5.74, 6) is 0.783. The fourth-order valence-corrected chi connectivity index (χ4v) is 2.27. The van der Waals surface area contributed by atoms with Gasteiger partial charge >= 0.3 is 0 Å². The number of aryl methyl sites for hydroxylation is 3. The van der Waals surface area contributed by atoms with Crippen LogP contribution >= 0.6 is 0 Å². The third-order valence-corrected chi connectivity index (χ3v) is 3.23. The molecule has 0 aliphatic carbocycles. The van der Waals surface area contributed by atoms with Crippen LogP contribution in [0.4, 0.5) is 0 Å². The zero-order valence-electron chi connectivity index (χ0n) is 10.8. The molecule has 2 heterocycles. The summed E-state index contributed by atoms with van der Waals surface area (Å²) in [6.07, 6.45) is 5.85. The molecule has 1 aromatic carbocycles. The molecule has 0 aliphatic rings. The number of aromatic nitrogens is 3. The van der Waals surface area contributed by atoms with Gasteiger partial charge in [-0.15, -0.1) is 0 Å². The number of nitrogens with zero attached hydrogens (tertiary/aromatic N) is 3. The molecule has 0 aliphatic heterocycles. The standard InChI is InChI=1S/C15H15N3/c1-10-7-16-15(17-8-10)12-4-5-14-13(6-12)11(2)9-18(14)3/h4-9H,1-3H3. The molecule has 3 nitrogen and oxygen atoms in total. The minimum atomic E-state index is 0.783. The van der Waals surface area contributed by atoms with Gasteiger partial charge in [0.1, 0.15) is 0 Å². The van der Waals surface area contributed by atoms with Crippen LogP contribution in [0.15, 0.2) is 36.8 Å². The zero-order chi connectivity index (χ0) is 12.7.